The minimum absolute atomic E-state index is 0.00108. The lowest BCUT2D eigenvalue weighted by Crippen LogP contribution is -2.58. The maximum Gasteiger partial charge on any atom is 0.417 e. The molecule has 0 bridgehead atoms. The molecule has 0 radical (unpaired) electrons. The maximum atomic E-state index is 15.2. The van der Waals surface area contributed by atoms with E-state index in [4.69, 9.17) is 9.47 Å². The van der Waals surface area contributed by atoms with E-state index in [2.05, 4.69) is 11.6 Å². The molecule has 14 heteroatoms. The molecule has 0 N–H and O–H groups in total. The Morgan fingerprint density at radius 2 is 1.86 bits per heavy atom. The molecule has 2 aliphatic rings. The molecule has 2 aliphatic heterocycles. The predicted octanol–water partition coefficient (Wildman–Crippen LogP) is 5.07. The number of thioether (sulfide) groups is 1. The quantitative estimate of drug-likeness (QED) is 0.216. The number of carbonyl (C=O) groups is 1. The van der Waals surface area contributed by atoms with Gasteiger partial charge in [-0.25, -0.2) is 13.6 Å². The van der Waals surface area contributed by atoms with E-state index in [1.165, 1.54) is 17.8 Å². The van der Waals surface area contributed by atoms with Crippen molar-refractivity contribution in [3.8, 4) is 11.1 Å². The van der Waals surface area contributed by atoms with E-state index in [1.54, 1.807) is 23.6 Å². The zero-order valence-electron chi connectivity index (χ0n) is 23.6. The van der Waals surface area contributed by atoms with Crippen LogP contribution in [0.4, 0.5) is 27.8 Å². The van der Waals surface area contributed by atoms with Crippen molar-refractivity contribution in [1.82, 2.24) is 14.5 Å². The van der Waals surface area contributed by atoms with Crippen molar-refractivity contribution in [2.45, 2.75) is 49.7 Å². The van der Waals surface area contributed by atoms with Crippen molar-refractivity contribution < 1.29 is 36.2 Å². The topological polar surface area (TPSA) is 76.9 Å². The highest BCUT2D eigenvalue weighted by atomic mass is 32.2. The third-order valence-corrected chi connectivity index (χ3v) is 8.80. The monoisotopic (exact) mass is 624 g/mol. The van der Waals surface area contributed by atoms with Crippen LogP contribution in [-0.2, 0) is 27.0 Å². The highest BCUT2D eigenvalue weighted by Crippen LogP contribution is 2.49. The van der Waals surface area contributed by atoms with Crippen molar-refractivity contribution in [3.63, 3.8) is 0 Å². The van der Waals surface area contributed by atoms with E-state index in [1.807, 2.05) is 0 Å². The van der Waals surface area contributed by atoms with Gasteiger partial charge in [-0.1, -0.05) is 6.58 Å². The van der Waals surface area contributed by atoms with Crippen LogP contribution in [-0.4, -0.2) is 71.3 Å². The molecule has 5 rings (SSSR count). The molecular formula is C29H29F5N4O4S. The molecule has 1 fully saturated rings. The van der Waals surface area contributed by atoms with Gasteiger partial charge in [0.05, 0.1) is 23.7 Å². The average Bonchev–Trinajstić information content (AvgIpc) is 3.13. The summed E-state index contributed by atoms with van der Waals surface area (Å²) in [6.45, 7) is 7.33. The molecule has 0 aliphatic carbocycles. The van der Waals surface area contributed by atoms with Crippen LogP contribution < -0.4 is 10.6 Å². The number of anilines is 1. The molecule has 1 aromatic heterocycles. The first-order valence-corrected chi connectivity index (χ1v) is 14.4. The van der Waals surface area contributed by atoms with Crippen LogP contribution in [0.5, 0.6) is 0 Å². The van der Waals surface area contributed by atoms with Crippen molar-refractivity contribution in [2.75, 3.05) is 37.6 Å². The van der Waals surface area contributed by atoms with Crippen LogP contribution in [0.3, 0.4) is 0 Å². The number of aromatic nitrogens is 2. The first-order chi connectivity index (χ1) is 20.3. The lowest BCUT2D eigenvalue weighted by Gasteiger charge is -2.44. The molecule has 0 saturated carbocycles. The van der Waals surface area contributed by atoms with Crippen LogP contribution in [0.1, 0.15) is 19.4 Å². The Morgan fingerprint density at radius 3 is 2.47 bits per heavy atom. The summed E-state index contributed by atoms with van der Waals surface area (Å²) in [6, 6.07) is 2.50. The second-order valence-corrected chi connectivity index (χ2v) is 11.6. The van der Waals surface area contributed by atoms with E-state index in [9.17, 15) is 27.2 Å². The van der Waals surface area contributed by atoms with Crippen LogP contribution in [0.2, 0.25) is 0 Å². The van der Waals surface area contributed by atoms with E-state index in [0.717, 1.165) is 30.0 Å². The number of rotatable bonds is 6. The van der Waals surface area contributed by atoms with E-state index in [0.29, 0.717) is 6.07 Å². The molecule has 1 amide bonds. The minimum atomic E-state index is -4.95. The molecule has 0 spiro atoms. The van der Waals surface area contributed by atoms with Gasteiger partial charge < -0.3 is 19.3 Å². The lowest BCUT2D eigenvalue weighted by atomic mass is 9.95. The summed E-state index contributed by atoms with van der Waals surface area (Å²) in [5, 5.41) is 0.0379. The minimum Gasteiger partial charge on any atom is -0.359 e. The van der Waals surface area contributed by atoms with Crippen molar-refractivity contribution in [1.29, 1.82) is 0 Å². The Hall–Kier alpha value is -3.49. The number of halogens is 5. The summed E-state index contributed by atoms with van der Waals surface area (Å²) >= 11 is 0.987. The molecule has 1 saturated heterocycles. The predicted molar refractivity (Wildman–Crippen MR) is 152 cm³/mol. The number of benzene rings is 2. The van der Waals surface area contributed by atoms with Crippen LogP contribution in [0.15, 0.2) is 46.6 Å². The van der Waals surface area contributed by atoms with E-state index in [-0.39, 0.29) is 71.8 Å². The van der Waals surface area contributed by atoms with Gasteiger partial charge in [-0.05, 0) is 38.1 Å². The second-order valence-electron chi connectivity index (χ2n) is 10.5. The van der Waals surface area contributed by atoms with Gasteiger partial charge in [0.25, 0.3) is 0 Å². The Labute approximate surface area is 248 Å². The summed E-state index contributed by atoms with van der Waals surface area (Å²) in [4.78, 5) is 33.7. The average molecular weight is 625 g/mol. The maximum absolute atomic E-state index is 15.2. The first kappa shape index (κ1) is 31.0. The summed E-state index contributed by atoms with van der Waals surface area (Å²) in [5.74, 6) is -2.27. The second kappa shape index (κ2) is 11.9. The largest absolute Gasteiger partial charge is 0.417 e. The summed E-state index contributed by atoms with van der Waals surface area (Å²) in [7, 11) is 1.41. The summed E-state index contributed by atoms with van der Waals surface area (Å²) in [6.07, 6.45) is -4.41. The molecule has 2 aromatic carbocycles. The number of hydrogen-bond acceptors (Lipinski definition) is 7. The van der Waals surface area contributed by atoms with Gasteiger partial charge in [-0.15, -0.1) is 11.8 Å². The fraction of sp³-hybridized carbons (Fsp3) is 0.414. The smallest absolute Gasteiger partial charge is 0.359 e. The number of hydrogen-bond donors (Lipinski definition) is 0. The fourth-order valence-electron chi connectivity index (χ4n) is 5.86. The number of amides is 1. The van der Waals surface area contributed by atoms with Crippen molar-refractivity contribution >= 4 is 34.4 Å². The van der Waals surface area contributed by atoms with Gasteiger partial charge in [0.15, 0.2) is 0 Å². The Balaban J connectivity index is 1.81. The molecule has 230 valence electrons. The number of methoxy groups -OCH3 is 1. The van der Waals surface area contributed by atoms with Crippen LogP contribution >= 0.6 is 11.8 Å². The first-order valence-electron chi connectivity index (χ1n) is 13.4. The molecule has 3 atom stereocenters. The Kier molecular flexibility index (Phi) is 8.56. The molecular weight excluding hydrogens is 595 g/mol. The highest BCUT2D eigenvalue weighted by molar-refractivity contribution is 7.99. The Morgan fingerprint density at radius 1 is 1.16 bits per heavy atom. The van der Waals surface area contributed by atoms with Gasteiger partial charge in [0.2, 0.25) is 5.91 Å². The number of carbonyl (C=O) groups excluding carboxylic acids is 1. The third-order valence-electron chi connectivity index (χ3n) is 7.57. The van der Waals surface area contributed by atoms with Gasteiger partial charge >= 0.3 is 11.9 Å². The standard InChI is InChI=1S/C29H29F5N4O4S/c1-5-23(39)38-15(2)10-36(11-16(38)3)27-20-9-21(29(32,33)34)24(19-7-6-17(30)8-22(19)31)26-25(20)37(28(40)35-27)12-18(13-43-26)42-14-41-4/h5-9,15-16,18H,1,10-14H2,2-4H3/t15-,16+,18-/m0/s1. The van der Waals surface area contributed by atoms with Crippen LogP contribution in [0, 0.1) is 11.6 Å². The molecule has 43 heavy (non-hydrogen) atoms. The van der Waals surface area contributed by atoms with Crippen LogP contribution in [0.25, 0.3) is 22.0 Å². The molecule has 8 nitrogen and oxygen atoms in total. The van der Waals surface area contributed by atoms with Crippen molar-refractivity contribution in [3.05, 3.63) is 64.6 Å². The third kappa shape index (κ3) is 5.75. The highest BCUT2D eigenvalue weighted by Gasteiger charge is 2.40. The van der Waals surface area contributed by atoms with Crippen molar-refractivity contribution in [2.24, 2.45) is 0 Å². The summed E-state index contributed by atoms with van der Waals surface area (Å²) < 4.78 is 85.3. The fourth-order valence-corrected chi connectivity index (χ4v) is 7.14. The zero-order valence-corrected chi connectivity index (χ0v) is 24.4. The van der Waals surface area contributed by atoms with Gasteiger partial charge in [0, 0.05) is 65.5 Å². The molecule has 3 heterocycles. The number of ether oxygens (including phenoxy) is 2. The number of nitrogens with zero attached hydrogens (tertiary/aromatic N) is 4. The lowest BCUT2D eigenvalue weighted by molar-refractivity contribution is -0.137. The molecule has 3 aromatic rings. The normalized spacial score (nSPS) is 20.8. The van der Waals surface area contributed by atoms with Gasteiger partial charge in [-0.2, -0.15) is 18.2 Å². The molecule has 0 unspecified atom stereocenters. The number of piperazine rings is 1. The number of alkyl halides is 3. The SMILES string of the molecule is C=CC(=O)N1[C@H](C)CN(c2nc(=O)n3c4c(c(-c5ccc(F)cc5F)c(C(F)(F)F)cc24)SC[C@@H](OCOC)C3)C[C@@H]1C. The summed E-state index contributed by atoms with van der Waals surface area (Å²) in [5.41, 5.74) is -2.69. The zero-order chi connectivity index (χ0) is 31.2. The van der Waals surface area contributed by atoms with Gasteiger partial charge in [-0.3, -0.25) is 9.36 Å². The Bertz CT molecular complexity index is 1630. The van der Waals surface area contributed by atoms with E-state index >= 15 is 4.39 Å². The van der Waals surface area contributed by atoms with E-state index < -0.39 is 46.3 Å². The van der Waals surface area contributed by atoms with Gasteiger partial charge in [0.1, 0.15) is 24.2 Å².